The molecule has 1 aromatic carbocycles. The minimum absolute atomic E-state index is 0.236. The Kier molecular flexibility index (Phi) is 8.13. The molecule has 0 aromatic heterocycles. The molecule has 1 aromatic rings. The van der Waals surface area contributed by atoms with Gasteiger partial charge in [0.2, 0.25) is 0 Å². The predicted octanol–water partition coefficient (Wildman–Crippen LogP) is 6.36. The summed E-state index contributed by atoms with van der Waals surface area (Å²) in [7, 11) is -3.65. The molecule has 0 saturated heterocycles. The van der Waals surface area contributed by atoms with Crippen molar-refractivity contribution in [2.24, 2.45) is 0 Å². The zero-order valence-electron chi connectivity index (χ0n) is 14.5. The van der Waals surface area contributed by atoms with E-state index in [0.29, 0.717) is 12.8 Å². The van der Waals surface area contributed by atoms with Gasteiger partial charge in [-0.1, -0.05) is 30.4 Å². The first-order chi connectivity index (χ1) is 11.6. The first kappa shape index (κ1) is 21.7. The highest BCUT2D eigenvalue weighted by atomic mass is 31.2. The van der Waals surface area contributed by atoms with E-state index in [1.807, 2.05) is 0 Å². The molecule has 25 heavy (non-hydrogen) atoms. The topological polar surface area (TPSA) is 35.5 Å². The Morgan fingerprint density at radius 2 is 1.64 bits per heavy atom. The van der Waals surface area contributed by atoms with Crippen LogP contribution >= 0.6 is 7.60 Å². The van der Waals surface area contributed by atoms with Gasteiger partial charge >= 0.3 is 13.8 Å². The van der Waals surface area contributed by atoms with Crippen LogP contribution in [0.25, 0.3) is 0 Å². The van der Waals surface area contributed by atoms with Crippen molar-refractivity contribution in [1.29, 1.82) is 0 Å². The minimum Gasteiger partial charge on any atom is -0.305 e. The molecule has 0 fully saturated rings. The molecule has 0 aliphatic heterocycles. The third-order valence-electron chi connectivity index (χ3n) is 3.31. The highest BCUT2D eigenvalue weighted by Gasteiger charge is 2.33. The molecule has 0 heterocycles. The fraction of sp³-hybridized carbons (Fsp3) is 0.444. The molecule has 0 saturated carbocycles. The fourth-order valence-electron chi connectivity index (χ4n) is 2.27. The first-order valence-corrected chi connectivity index (χ1v) is 9.66. The number of benzene rings is 1. The molecule has 140 valence electrons. The van der Waals surface area contributed by atoms with Crippen molar-refractivity contribution in [2.75, 3.05) is 0 Å². The number of rotatable bonds is 10. The second-order valence-electron chi connectivity index (χ2n) is 5.85. The van der Waals surface area contributed by atoms with E-state index >= 15 is 0 Å². The van der Waals surface area contributed by atoms with Gasteiger partial charge in [0.25, 0.3) is 0 Å². The summed E-state index contributed by atoms with van der Waals surface area (Å²) in [5, 5.41) is 0. The Bertz CT molecular complexity index is 606. The van der Waals surface area contributed by atoms with Crippen LogP contribution in [0.2, 0.25) is 0 Å². The van der Waals surface area contributed by atoms with Gasteiger partial charge in [-0.25, -0.2) is 0 Å². The molecule has 7 heteroatoms. The standard InChI is InChI=1S/C18H24F3O3P/c1-5-8-14(3)23-25(22,24-15(4)9-6-2)13-16-10-7-11-17(12-16)18(19,20)21/h5-7,10-12,14-15H,1-2,8-9,13H2,3-4H3. The second kappa shape index (κ2) is 9.37. The number of hydrogen-bond acceptors (Lipinski definition) is 3. The maximum atomic E-state index is 13.1. The molecule has 0 aliphatic rings. The zero-order chi connectivity index (χ0) is 19.1. The first-order valence-electron chi connectivity index (χ1n) is 7.93. The molecular weight excluding hydrogens is 352 g/mol. The SMILES string of the molecule is C=CCC(C)OP(=O)(Cc1cccc(C(F)(F)F)c1)OC(C)CC=C. The van der Waals surface area contributed by atoms with E-state index < -0.39 is 31.5 Å². The van der Waals surface area contributed by atoms with Crippen molar-refractivity contribution in [3.63, 3.8) is 0 Å². The minimum atomic E-state index is -4.46. The van der Waals surface area contributed by atoms with Gasteiger partial charge in [0.15, 0.2) is 0 Å². The van der Waals surface area contributed by atoms with Gasteiger partial charge in [-0.05, 0) is 38.3 Å². The zero-order valence-corrected chi connectivity index (χ0v) is 15.4. The molecule has 2 atom stereocenters. The Balaban J connectivity index is 3.05. The van der Waals surface area contributed by atoms with Crippen molar-refractivity contribution >= 4 is 7.60 Å². The second-order valence-corrected chi connectivity index (χ2v) is 7.81. The lowest BCUT2D eigenvalue weighted by atomic mass is 10.1. The molecule has 0 spiro atoms. The molecule has 2 unspecified atom stereocenters. The van der Waals surface area contributed by atoms with Crippen LogP contribution in [0.5, 0.6) is 0 Å². The van der Waals surface area contributed by atoms with Crippen LogP contribution in [0.4, 0.5) is 13.2 Å². The highest BCUT2D eigenvalue weighted by Crippen LogP contribution is 2.54. The monoisotopic (exact) mass is 376 g/mol. The Morgan fingerprint density at radius 3 is 2.08 bits per heavy atom. The van der Waals surface area contributed by atoms with E-state index in [1.54, 1.807) is 26.0 Å². The van der Waals surface area contributed by atoms with E-state index in [9.17, 15) is 17.7 Å². The van der Waals surface area contributed by atoms with Crippen LogP contribution in [0.3, 0.4) is 0 Å². The summed E-state index contributed by atoms with van der Waals surface area (Å²) in [6.07, 6.45) is -1.42. The summed E-state index contributed by atoms with van der Waals surface area (Å²) >= 11 is 0. The van der Waals surface area contributed by atoms with Gasteiger partial charge in [-0.15, -0.1) is 13.2 Å². The van der Waals surface area contributed by atoms with Crippen molar-refractivity contribution in [1.82, 2.24) is 0 Å². The third-order valence-corrected chi connectivity index (χ3v) is 5.42. The number of hydrogen-bond donors (Lipinski definition) is 0. The van der Waals surface area contributed by atoms with Crippen LogP contribution in [0.15, 0.2) is 49.6 Å². The maximum Gasteiger partial charge on any atom is 0.416 e. The van der Waals surface area contributed by atoms with Crippen molar-refractivity contribution in [3.8, 4) is 0 Å². The van der Waals surface area contributed by atoms with Crippen molar-refractivity contribution in [3.05, 3.63) is 60.7 Å². The lowest BCUT2D eigenvalue weighted by Crippen LogP contribution is -2.13. The van der Waals surface area contributed by atoms with E-state index in [1.165, 1.54) is 12.1 Å². The van der Waals surface area contributed by atoms with Gasteiger partial charge in [-0.2, -0.15) is 13.2 Å². The molecule has 0 aliphatic carbocycles. The normalized spacial score (nSPS) is 16.7. The van der Waals surface area contributed by atoms with Gasteiger partial charge in [0.1, 0.15) is 0 Å². The molecule has 0 bridgehead atoms. The largest absolute Gasteiger partial charge is 0.416 e. The maximum absolute atomic E-state index is 13.1. The summed E-state index contributed by atoms with van der Waals surface area (Å²) in [4.78, 5) is 0. The van der Waals surface area contributed by atoms with Gasteiger partial charge in [0.05, 0.1) is 23.9 Å². The number of alkyl halides is 3. The molecule has 0 radical (unpaired) electrons. The quantitative estimate of drug-likeness (QED) is 0.352. The lowest BCUT2D eigenvalue weighted by Gasteiger charge is -2.25. The predicted molar refractivity (Wildman–Crippen MR) is 93.5 cm³/mol. The van der Waals surface area contributed by atoms with Crippen molar-refractivity contribution < 1.29 is 26.8 Å². The summed E-state index contributed by atoms with van der Waals surface area (Å²) in [5.41, 5.74) is -0.551. The van der Waals surface area contributed by atoms with E-state index in [2.05, 4.69) is 13.2 Å². The van der Waals surface area contributed by atoms with Crippen LogP contribution in [0, 0.1) is 0 Å². The molecule has 0 N–H and O–H groups in total. The lowest BCUT2D eigenvalue weighted by molar-refractivity contribution is -0.137. The Labute approximate surface area is 147 Å². The van der Waals surface area contributed by atoms with Gasteiger partial charge < -0.3 is 9.05 Å². The van der Waals surface area contributed by atoms with E-state index in [-0.39, 0.29) is 11.7 Å². The van der Waals surface area contributed by atoms with Crippen molar-refractivity contribution in [2.45, 2.75) is 51.2 Å². The summed E-state index contributed by atoms with van der Waals surface area (Å²) in [5.74, 6) is 0. The summed E-state index contributed by atoms with van der Waals surface area (Å²) < 4.78 is 62.9. The summed E-state index contributed by atoms with van der Waals surface area (Å²) in [6, 6.07) is 4.69. The van der Waals surface area contributed by atoms with Gasteiger partial charge in [0, 0.05) is 0 Å². The Morgan fingerprint density at radius 1 is 1.12 bits per heavy atom. The molecule has 0 amide bonds. The molecule has 1 rings (SSSR count). The highest BCUT2D eigenvalue weighted by molar-refractivity contribution is 7.53. The van der Waals surface area contributed by atoms with Crippen LogP contribution in [0.1, 0.15) is 37.8 Å². The molecular formula is C18H24F3O3P. The fourth-order valence-corrected chi connectivity index (χ4v) is 4.38. The Hall–Kier alpha value is -1.36. The average molecular weight is 376 g/mol. The molecule has 3 nitrogen and oxygen atoms in total. The average Bonchev–Trinajstić information content (AvgIpc) is 2.46. The van der Waals surface area contributed by atoms with Crippen LogP contribution in [-0.2, 0) is 26.0 Å². The number of halogens is 3. The van der Waals surface area contributed by atoms with Gasteiger partial charge in [-0.3, -0.25) is 4.57 Å². The van der Waals surface area contributed by atoms with Crippen LogP contribution in [-0.4, -0.2) is 12.2 Å². The summed E-state index contributed by atoms with van der Waals surface area (Å²) in [6.45, 7) is 10.6. The van der Waals surface area contributed by atoms with E-state index in [0.717, 1.165) is 12.1 Å². The van der Waals surface area contributed by atoms with E-state index in [4.69, 9.17) is 9.05 Å². The smallest absolute Gasteiger partial charge is 0.305 e. The van der Waals surface area contributed by atoms with Crippen LogP contribution < -0.4 is 0 Å². The third kappa shape index (κ3) is 7.59.